The molecule has 0 radical (unpaired) electrons. The van der Waals surface area contributed by atoms with E-state index in [0.29, 0.717) is 12.8 Å². The van der Waals surface area contributed by atoms with Crippen molar-refractivity contribution >= 4 is 9.84 Å². The van der Waals surface area contributed by atoms with Gasteiger partial charge in [0.1, 0.15) is 5.60 Å². The van der Waals surface area contributed by atoms with Crippen LogP contribution < -0.4 is 0 Å². The summed E-state index contributed by atoms with van der Waals surface area (Å²) in [6.45, 7) is 0. The first kappa shape index (κ1) is 8.02. The van der Waals surface area contributed by atoms with Gasteiger partial charge in [-0.15, -0.1) is 0 Å². The minimum Gasteiger partial charge on any atom is -0.350 e. The molecule has 0 amide bonds. The van der Waals surface area contributed by atoms with E-state index in [0.717, 1.165) is 0 Å². The van der Waals surface area contributed by atoms with Crippen LogP contribution in [0.1, 0.15) is 12.8 Å². The number of epoxide rings is 1. The molecule has 2 aliphatic rings. The summed E-state index contributed by atoms with van der Waals surface area (Å²) in [6, 6.07) is 1.99. The van der Waals surface area contributed by atoms with Crippen LogP contribution in [-0.4, -0.2) is 31.6 Å². The minimum atomic E-state index is -2.92. The fraction of sp³-hybridized carbons (Fsp3) is 0.857. The number of ether oxygens (including phenoxy) is 1. The zero-order valence-corrected chi connectivity index (χ0v) is 7.47. The van der Waals surface area contributed by atoms with Gasteiger partial charge < -0.3 is 4.74 Å². The van der Waals surface area contributed by atoms with Crippen LogP contribution in [0.5, 0.6) is 0 Å². The lowest BCUT2D eigenvalue weighted by atomic mass is 9.82. The van der Waals surface area contributed by atoms with E-state index < -0.39 is 9.84 Å². The van der Waals surface area contributed by atoms with Crippen LogP contribution in [0.4, 0.5) is 0 Å². The molecule has 0 aromatic carbocycles. The van der Waals surface area contributed by atoms with Crippen molar-refractivity contribution in [3.8, 4) is 6.07 Å². The first-order valence-electron chi connectivity index (χ1n) is 3.74. The zero-order valence-electron chi connectivity index (χ0n) is 6.65. The molecule has 1 unspecified atom stereocenters. The second kappa shape index (κ2) is 2.01. The molecule has 0 aromatic rings. The highest BCUT2D eigenvalue weighted by Crippen LogP contribution is 2.54. The van der Waals surface area contributed by atoms with E-state index in [-0.39, 0.29) is 17.0 Å². The molecule has 4 nitrogen and oxygen atoms in total. The summed E-state index contributed by atoms with van der Waals surface area (Å²) in [4.78, 5) is 0. The SMILES string of the molecule is CS(=O)(=O)C1CC2(C1)OC2C#N. The molecule has 2 fully saturated rings. The Morgan fingerprint density at radius 2 is 2.17 bits per heavy atom. The smallest absolute Gasteiger partial charge is 0.173 e. The van der Waals surface area contributed by atoms with Gasteiger partial charge in [0.2, 0.25) is 0 Å². The second-order valence-electron chi connectivity index (χ2n) is 3.55. The Balaban J connectivity index is 2.00. The van der Waals surface area contributed by atoms with Crippen molar-refractivity contribution in [2.45, 2.75) is 29.8 Å². The fourth-order valence-corrected chi connectivity index (χ4v) is 2.84. The van der Waals surface area contributed by atoms with Gasteiger partial charge in [-0.1, -0.05) is 0 Å². The van der Waals surface area contributed by atoms with Crippen molar-refractivity contribution in [1.82, 2.24) is 0 Å². The molecule has 5 heteroatoms. The van der Waals surface area contributed by atoms with E-state index in [1.807, 2.05) is 6.07 Å². The average Bonchev–Trinajstić information content (AvgIpc) is 2.54. The number of rotatable bonds is 1. The van der Waals surface area contributed by atoms with E-state index in [9.17, 15) is 8.42 Å². The topological polar surface area (TPSA) is 70.5 Å². The van der Waals surface area contributed by atoms with Crippen molar-refractivity contribution in [2.24, 2.45) is 0 Å². The summed E-state index contributed by atoms with van der Waals surface area (Å²) < 4.78 is 27.1. The Kier molecular flexibility index (Phi) is 1.34. The van der Waals surface area contributed by atoms with Crippen LogP contribution in [-0.2, 0) is 14.6 Å². The lowest BCUT2D eigenvalue weighted by molar-refractivity contribution is 0.202. The lowest BCUT2D eigenvalue weighted by Gasteiger charge is -2.30. The Bertz CT molecular complexity index is 347. The van der Waals surface area contributed by atoms with Crippen molar-refractivity contribution in [1.29, 1.82) is 5.26 Å². The third-order valence-electron chi connectivity index (χ3n) is 2.64. The third-order valence-corrected chi connectivity index (χ3v) is 4.19. The van der Waals surface area contributed by atoms with Crippen molar-refractivity contribution in [3.05, 3.63) is 0 Å². The summed E-state index contributed by atoms with van der Waals surface area (Å²) in [5.74, 6) is 0. The van der Waals surface area contributed by atoms with Crippen LogP contribution in [0.2, 0.25) is 0 Å². The Morgan fingerprint density at radius 3 is 2.50 bits per heavy atom. The highest BCUT2D eigenvalue weighted by Gasteiger charge is 2.66. The van der Waals surface area contributed by atoms with Gasteiger partial charge in [-0.2, -0.15) is 5.26 Å². The van der Waals surface area contributed by atoms with E-state index in [1.54, 1.807) is 0 Å². The highest BCUT2D eigenvalue weighted by molar-refractivity contribution is 7.91. The van der Waals surface area contributed by atoms with Crippen molar-refractivity contribution in [3.63, 3.8) is 0 Å². The molecular weight excluding hydrogens is 178 g/mol. The first-order chi connectivity index (χ1) is 5.48. The molecule has 1 saturated heterocycles. The predicted molar refractivity (Wildman–Crippen MR) is 41.1 cm³/mol. The molecule has 1 aliphatic heterocycles. The number of hydrogen-bond acceptors (Lipinski definition) is 4. The van der Waals surface area contributed by atoms with Gasteiger partial charge in [0.25, 0.3) is 0 Å². The summed E-state index contributed by atoms with van der Waals surface area (Å²) in [5, 5.41) is 8.19. The number of nitrogens with zero attached hydrogens (tertiary/aromatic N) is 1. The van der Waals surface area contributed by atoms with E-state index in [4.69, 9.17) is 10.00 Å². The van der Waals surface area contributed by atoms with Gasteiger partial charge in [0.05, 0.1) is 11.3 Å². The molecule has 1 spiro atoms. The van der Waals surface area contributed by atoms with Gasteiger partial charge in [0, 0.05) is 6.26 Å². The molecule has 2 rings (SSSR count). The van der Waals surface area contributed by atoms with Crippen LogP contribution in [0.15, 0.2) is 0 Å². The van der Waals surface area contributed by atoms with Crippen LogP contribution in [0, 0.1) is 11.3 Å². The molecule has 0 N–H and O–H groups in total. The van der Waals surface area contributed by atoms with Crippen LogP contribution in [0.3, 0.4) is 0 Å². The predicted octanol–water partition coefficient (Wildman–Crippen LogP) is -0.145. The zero-order chi connectivity index (χ0) is 8.98. The molecule has 0 bridgehead atoms. The summed E-state index contributed by atoms with van der Waals surface area (Å²) in [5.41, 5.74) is -0.373. The maximum atomic E-state index is 11.0. The summed E-state index contributed by atoms with van der Waals surface area (Å²) >= 11 is 0. The molecule has 1 saturated carbocycles. The highest BCUT2D eigenvalue weighted by atomic mass is 32.2. The molecular formula is C7H9NO3S. The van der Waals surface area contributed by atoms with E-state index in [2.05, 4.69) is 0 Å². The first-order valence-corrected chi connectivity index (χ1v) is 5.70. The Hall–Kier alpha value is -0.600. The van der Waals surface area contributed by atoms with E-state index in [1.165, 1.54) is 6.26 Å². The Morgan fingerprint density at radius 1 is 1.58 bits per heavy atom. The van der Waals surface area contributed by atoms with Crippen molar-refractivity contribution in [2.75, 3.05) is 6.26 Å². The number of nitriles is 1. The molecule has 12 heavy (non-hydrogen) atoms. The molecule has 66 valence electrons. The van der Waals surface area contributed by atoms with Crippen LogP contribution in [0.25, 0.3) is 0 Å². The average molecular weight is 187 g/mol. The summed E-state index contributed by atoms with van der Waals surface area (Å²) in [6.07, 6.45) is 1.89. The van der Waals surface area contributed by atoms with Gasteiger partial charge >= 0.3 is 0 Å². The number of hydrogen-bond donors (Lipinski definition) is 0. The lowest BCUT2D eigenvalue weighted by Crippen LogP contribution is -2.43. The van der Waals surface area contributed by atoms with Gasteiger partial charge in [-0.3, -0.25) is 0 Å². The van der Waals surface area contributed by atoms with Gasteiger partial charge in [-0.25, -0.2) is 8.42 Å². The molecule has 1 aliphatic carbocycles. The standard InChI is InChI=1S/C7H9NO3S/c1-12(9,10)5-2-7(3-5)6(4-8)11-7/h5-6H,2-3H2,1H3. The maximum absolute atomic E-state index is 11.0. The number of sulfone groups is 1. The largest absolute Gasteiger partial charge is 0.350 e. The van der Waals surface area contributed by atoms with Gasteiger partial charge in [0.15, 0.2) is 15.9 Å². The quantitative estimate of drug-likeness (QED) is 0.535. The van der Waals surface area contributed by atoms with Crippen LogP contribution >= 0.6 is 0 Å². The molecule has 1 atom stereocenters. The Labute approximate surface area is 71.0 Å². The summed E-state index contributed by atoms with van der Waals surface area (Å²) in [7, 11) is -2.92. The fourth-order valence-electron chi connectivity index (χ4n) is 1.67. The third kappa shape index (κ3) is 0.952. The second-order valence-corrected chi connectivity index (χ2v) is 5.88. The monoisotopic (exact) mass is 187 g/mol. The normalized spacial score (nSPS) is 45.0. The minimum absolute atomic E-state index is 0.282. The molecule has 1 heterocycles. The van der Waals surface area contributed by atoms with Gasteiger partial charge in [-0.05, 0) is 12.8 Å². The van der Waals surface area contributed by atoms with Crippen molar-refractivity contribution < 1.29 is 13.2 Å². The molecule has 0 aromatic heterocycles. The maximum Gasteiger partial charge on any atom is 0.173 e. The van der Waals surface area contributed by atoms with E-state index >= 15 is 0 Å².